The number of nitrogens with one attached hydrogen (secondary N) is 1. The number of anilines is 2. The standard InChI is InChI=1S/C32H37ClN4O4/c1-32(2,3)41-31(38)34-24-16-18-37(21-24)17-5-19-39-27-13-6-22(7-14-27)30-35-28-15-12-26(20-29(28)40-30)36(4)25-10-8-23(33)9-11-25/h6-15,20,24H,5,16-19,21H2,1-4H3,(H,34,38)/t24-/m1/s1. The quantitative estimate of drug-likeness (QED) is 0.210. The molecule has 8 nitrogen and oxygen atoms in total. The molecule has 0 aliphatic carbocycles. The van der Waals surface area contributed by atoms with E-state index in [0.717, 1.165) is 66.3 Å². The molecule has 1 amide bonds. The van der Waals surface area contributed by atoms with Gasteiger partial charge >= 0.3 is 6.09 Å². The predicted molar refractivity (Wildman–Crippen MR) is 163 cm³/mol. The Kier molecular flexibility index (Phi) is 8.71. The van der Waals surface area contributed by atoms with Gasteiger partial charge in [-0.15, -0.1) is 0 Å². The monoisotopic (exact) mass is 576 g/mol. The van der Waals surface area contributed by atoms with E-state index in [0.29, 0.717) is 17.5 Å². The summed E-state index contributed by atoms with van der Waals surface area (Å²) in [5.74, 6) is 1.38. The molecule has 5 rings (SSSR count). The molecule has 216 valence electrons. The zero-order chi connectivity index (χ0) is 29.0. The van der Waals surface area contributed by atoms with E-state index in [4.69, 9.17) is 25.5 Å². The van der Waals surface area contributed by atoms with Crippen LogP contribution in [-0.2, 0) is 4.74 Å². The number of hydrogen-bond acceptors (Lipinski definition) is 7. The van der Waals surface area contributed by atoms with E-state index in [9.17, 15) is 4.79 Å². The largest absolute Gasteiger partial charge is 0.494 e. The summed E-state index contributed by atoms with van der Waals surface area (Å²) >= 11 is 6.03. The number of benzene rings is 3. The van der Waals surface area contributed by atoms with E-state index in [2.05, 4.69) is 20.1 Å². The van der Waals surface area contributed by atoms with Crippen LogP contribution in [0.3, 0.4) is 0 Å². The molecule has 1 aromatic heterocycles. The van der Waals surface area contributed by atoms with Gasteiger partial charge in [-0.05, 0) is 94.3 Å². The number of rotatable bonds is 9. The lowest BCUT2D eigenvalue weighted by Gasteiger charge is -2.22. The highest BCUT2D eigenvalue weighted by Gasteiger charge is 2.25. The molecule has 1 fully saturated rings. The molecule has 1 atom stereocenters. The third kappa shape index (κ3) is 7.71. The highest BCUT2D eigenvalue weighted by Crippen LogP contribution is 2.31. The fraction of sp³-hybridized carbons (Fsp3) is 0.375. The molecule has 9 heteroatoms. The third-order valence-electron chi connectivity index (χ3n) is 6.96. The molecule has 0 spiro atoms. The number of oxazole rings is 1. The Bertz CT molecular complexity index is 1460. The number of nitrogens with zero attached hydrogens (tertiary/aromatic N) is 3. The average molecular weight is 577 g/mol. The number of alkyl carbamates (subject to hydrolysis) is 1. The Morgan fingerprint density at radius 1 is 1.10 bits per heavy atom. The molecule has 1 N–H and O–H groups in total. The van der Waals surface area contributed by atoms with E-state index < -0.39 is 5.60 Å². The normalized spacial score (nSPS) is 15.7. The predicted octanol–water partition coefficient (Wildman–Crippen LogP) is 7.28. The van der Waals surface area contributed by atoms with E-state index >= 15 is 0 Å². The molecule has 2 heterocycles. The summed E-state index contributed by atoms with van der Waals surface area (Å²) < 4.78 is 17.4. The van der Waals surface area contributed by atoms with Crippen LogP contribution < -0.4 is 15.0 Å². The summed E-state index contributed by atoms with van der Waals surface area (Å²) in [4.78, 5) is 21.1. The number of carbonyl (C=O) groups is 1. The SMILES string of the molecule is CN(c1ccc(Cl)cc1)c1ccc2nc(-c3ccc(OCCCN4CC[C@@H](NC(=O)OC(C)(C)C)C4)cc3)oc2c1. The fourth-order valence-electron chi connectivity index (χ4n) is 4.86. The lowest BCUT2D eigenvalue weighted by molar-refractivity contribution is 0.0505. The minimum absolute atomic E-state index is 0.126. The number of ether oxygens (including phenoxy) is 2. The highest BCUT2D eigenvalue weighted by atomic mass is 35.5. The van der Waals surface area contributed by atoms with Crippen LogP contribution in [0.25, 0.3) is 22.6 Å². The number of hydrogen-bond donors (Lipinski definition) is 1. The summed E-state index contributed by atoms with van der Waals surface area (Å²) in [6.45, 7) is 8.94. The Morgan fingerprint density at radius 2 is 1.83 bits per heavy atom. The lowest BCUT2D eigenvalue weighted by atomic mass is 10.2. The summed E-state index contributed by atoms with van der Waals surface area (Å²) in [5, 5.41) is 3.68. The van der Waals surface area contributed by atoms with Crippen molar-refractivity contribution in [2.45, 2.75) is 45.3 Å². The maximum absolute atomic E-state index is 12.0. The molecule has 0 bridgehead atoms. The van der Waals surface area contributed by atoms with Crippen molar-refractivity contribution in [2.75, 3.05) is 38.2 Å². The summed E-state index contributed by atoms with van der Waals surface area (Å²) in [7, 11) is 2.01. The fourth-order valence-corrected chi connectivity index (χ4v) is 4.98. The Hall–Kier alpha value is -3.75. The smallest absolute Gasteiger partial charge is 0.407 e. The van der Waals surface area contributed by atoms with Crippen LogP contribution >= 0.6 is 11.6 Å². The van der Waals surface area contributed by atoms with E-state index in [1.165, 1.54) is 0 Å². The number of fused-ring (bicyclic) bond motifs is 1. The summed E-state index contributed by atoms with van der Waals surface area (Å²) in [6.07, 6.45) is 1.48. The van der Waals surface area contributed by atoms with Gasteiger partial charge in [0.15, 0.2) is 5.58 Å². The van der Waals surface area contributed by atoms with Crippen molar-refractivity contribution in [3.63, 3.8) is 0 Å². The first-order valence-electron chi connectivity index (χ1n) is 14.0. The maximum atomic E-state index is 12.0. The van der Waals surface area contributed by atoms with Crippen LogP contribution in [0.5, 0.6) is 5.75 Å². The van der Waals surface area contributed by atoms with Gasteiger partial charge in [0.05, 0.1) is 6.61 Å². The van der Waals surface area contributed by atoms with Crippen molar-refractivity contribution in [2.24, 2.45) is 0 Å². The first-order valence-corrected chi connectivity index (χ1v) is 14.4. The van der Waals surface area contributed by atoms with Gasteiger partial charge in [0.2, 0.25) is 5.89 Å². The molecule has 1 saturated heterocycles. The third-order valence-corrected chi connectivity index (χ3v) is 7.21. The van der Waals surface area contributed by atoms with Gasteiger partial charge in [0, 0.05) is 60.8 Å². The number of likely N-dealkylation sites (tertiary alicyclic amines) is 1. The van der Waals surface area contributed by atoms with E-state index in [1.807, 2.05) is 94.5 Å². The van der Waals surface area contributed by atoms with E-state index in [1.54, 1.807) is 0 Å². The highest BCUT2D eigenvalue weighted by molar-refractivity contribution is 6.30. The van der Waals surface area contributed by atoms with Gasteiger partial charge in [-0.25, -0.2) is 9.78 Å². The molecular formula is C32H37ClN4O4. The topological polar surface area (TPSA) is 80.1 Å². The zero-order valence-corrected chi connectivity index (χ0v) is 24.8. The zero-order valence-electron chi connectivity index (χ0n) is 24.0. The average Bonchev–Trinajstić information content (AvgIpc) is 3.56. The molecule has 0 saturated carbocycles. The number of amides is 1. The van der Waals surface area contributed by atoms with Gasteiger partial charge in [-0.3, -0.25) is 0 Å². The second-order valence-corrected chi connectivity index (χ2v) is 11.8. The van der Waals surface area contributed by atoms with Crippen molar-refractivity contribution >= 4 is 40.2 Å². The van der Waals surface area contributed by atoms with Crippen molar-refractivity contribution in [3.05, 3.63) is 71.8 Å². The van der Waals surface area contributed by atoms with E-state index in [-0.39, 0.29) is 12.1 Å². The van der Waals surface area contributed by atoms with Gasteiger partial charge in [0.1, 0.15) is 16.9 Å². The summed E-state index contributed by atoms with van der Waals surface area (Å²) in [5.41, 5.74) is 3.96. The van der Waals surface area contributed by atoms with Gasteiger partial charge < -0.3 is 29.0 Å². The number of aromatic nitrogens is 1. The summed E-state index contributed by atoms with van der Waals surface area (Å²) in [6, 6.07) is 21.7. The van der Waals surface area contributed by atoms with Crippen LogP contribution in [0.2, 0.25) is 5.02 Å². The van der Waals surface area contributed by atoms with Crippen LogP contribution in [0.1, 0.15) is 33.6 Å². The first kappa shape index (κ1) is 28.8. The Labute approximate surface area is 246 Å². The molecule has 1 aliphatic rings. The maximum Gasteiger partial charge on any atom is 0.407 e. The second kappa shape index (κ2) is 12.4. The molecule has 4 aromatic rings. The van der Waals surface area contributed by atoms with Crippen molar-refractivity contribution in [3.8, 4) is 17.2 Å². The molecular weight excluding hydrogens is 540 g/mol. The van der Waals surface area contributed by atoms with Gasteiger partial charge in [0.25, 0.3) is 0 Å². The van der Waals surface area contributed by atoms with Crippen molar-refractivity contribution < 1.29 is 18.7 Å². The minimum atomic E-state index is -0.485. The molecule has 1 aliphatic heterocycles. The van der Waals surface area contributed by atoms with Crippen LogP contribution in [-0.4, -0.2) is 60.9 Å². The molecule has 41 heavy (non-hydrogen) atoms. The van der Waals surface area contributed by atoms with Gasteiger partial charge in [-0.1, -0.05) is 11.6 Å². The van der Waals surface area contributed by atoms with Gasteiger partial charge in [-0.2, -0.15) is 0 Å². The van der Waals surface area contributed by atoms with Crippen molar-refractivity contribution in [1.82, 2.24) is 15.2 Å². The van der Waals surface area contributed by atoms with Crippen LogP contribution in [0.15, 0.2) is 71.1 Å². The van der Waals surface area contributed by atoms with Crippen LogP contribution in [0, 0.1) is 0 Å². The molecule has 3 aromatic carbocycles. The van der Waals surface area contributed by atoms with Crippen LogP contribution in [0.4, 0.5) is 16.2 Å². The number of carbonyl (C=O) groups excluding carboxylic acids is 1. The Morgan fingerprint density at radius 3 is 2.56 bits per heavy atom. The number of halogens is 1. The minimum Gasteiger partial charge on any atom is -0.494 e. The Balaban J connectivity index is 1.09. The molecule has 0 radical (unpaired) electrons. The first-order chi connectivity index (χ1) is 19.6. The second-order valence-electron chi connectivity index (χ2n) is 11.4. The lowest BCUT2D eigenvalue weighted by Crippen LogP contribution is -2.40. The van der Waals surface area contributed by atoms with Crippen molar-refractivity contribution in [1.29, 1.82) is 0 Å². The molecule has 0 unspecified atom stereocenters.